The molecule has 1 aromatic heterocycles. The summed E-state index contributed by atoms with van der Waals surface area (Å²) in [5, 5.41) is 7.55. The lowest BCUT2D eigenvalue weighted by Gasteiger charge is -2.15. The van der Waals surface area contributed by atoms with Crippen molar-refractivity contribution in [3.05, 3.63) is 12.2 Å². The molecule has 0 aromatic carbocycles. The second kappa shape index (κ2) is 1.97. The minimum absolute atomic E-state index is 0.0226. The van der Waals surface area contributed by atoms with Crippen molar-refractivity contribution in [3.63, 3.8) is 0 Å². The molecule has 0 amide bonds. The Bertz CT molecular complexity index is 220. The Labute approximate surface area is 60.0 Å². The first-order valence-electron chi connectivity index (χ1n) is 3.17. The molecule has 4 heteroatoms. The van der Waals surface area contributed by atoms with Crippen LogP contribution in [-0.4, -0.2) is 14.9 Å². The van der Waals surface area contributed by atoms with Crippen LogP contribution in [-0.2, 0) is 5.41 Å². The number of aromatic nitrogens is 3. The third-order valence-electron chi connectivity index (χ3n) is 1.24. The zero-order valence-electron chi connectivity index (χ0n) is 6.50. The maximum atomic E-state index is 5.52. The number of nitrogen functional groups attached to an aromatic ring is 1. The van der Waals surface area contributed by atoms with Crippen molar-refractivity contribution in [3.8, 4) is 0 Å². The number of nitrogens with zero attached hydrogens (tertiary/aromatic N) is 3. The molecule has 0 atom stereocenters. The summed E-state index contributed by atoms with van der Waals surface area (Å²) in [4.78, 5) is 0. The van der Waals surface area contributed by atoms with E-state index in [0.29, 0.717) is 0 Å². The van der Waals surface area contributed by atoms with E-state index in [1.54, 1.807) is 0 Å². The summed E-state index contributed by atoms with van der Waals surface area (Å²) in [5.41, 5.74) is -0.0226. The second-order valence-electron chi connectivity index (χ2n) is 3.31. The zero-order valence-corrected chi connectivity index (χ0v) is 6.50. The predicted molar refractivity (Wildman–Crippen MR) is 38.9 cm³/mol. The highest BCUT2D eigenvalue weighted by molar-refractivity contribution is 5.00. The molecule has 0 aliphatic carbocycles. The van der Waals surface area contributed by atoms with Gasteiger partial charge in [-0.15, -0.1) is 10.2 Å². The Hall–Kier alpha value is -1.06. The third-order valence-corrected chi connectivity index (χ3v) is 1.24. The monoisotopic (exact) mass is 140 g/mol. The summed E-state index contributed by atoms with van der Waals surface area (Å²) >= 11 is 0. The van der Waals surface area contributed by atoms with Crippen molar-refractivity contribution in [1.82, 2.24) is 14.9 Å². The molecule has 1 heterocycles. The zero-order chi connectivity index (χ0) is 7.78. The van der Waals surface area contributed by atoms with Crippen molar-refractivity contribution >= 4 is 0 Å². The smallest absolute Gasteiger partial charge is 0.156 e. The first-order chi connectivity index (χ1) is 4.52. The van der Waals surface area contributed by atoms with Crippen LogP contribution in [0.2, 0.25) is 0 Å². The van der Waals surface area contributed by atoms with Gasteiger partial charge in [0.1, 0.15) is 6.33 Å². The van der Waals surface area contributed by atoms with Gasteiger partial charge in [0.2, 0.25) is 0 Å². The molecule has 0 saturated carbocycles. The van der Waals surface area contributed by atoms with Crippen LogP contribution >= 0.6 is 0 Å². The van der Waals surface area contributed by atoms with Crippen LogP contribution in [0.3, 0.4) is 0 Å². The molecule has 0 bridgehead atoms. The Kier molecular flexibility index (Phi) is 1.39. The van der Waals surface area contributed by atoms with Crippen LogP contribution < -0.4 is 5.84 Å². The van der Waals surface area contributed by atoms with Gasteiger partial charge in [0.25, 0.3) is 0 Å². The molecular formula is C6H12N4. The Balaban J connectivity index is 3.05. The van der Waals surface area contributed by atoms with Gasteiger partial charge in [-0.25, -0.2) is 4.68 Å². The summed E-state index contributed by atoms with van der Waals surface area (Å²) < 4.78 is 1.44. The van der Waals surface area contributed by atoms with Gasteiger partial charge in [-0.1, -0.05) is 20.8 Å². The van der Waals surface area contributed by atoms with Gasteiger partial charge in [0, 0.05) is 5.41 Å². The maximum Gasteiger partial charge on any atom is 0.156 e. The molecule has 10 heavy (non-hydrogen) atoms. The van der Waals surface area contributed by atoms with Gasteiger partial charge < -0.3 is 5.84 Å². The summed E-state index contributed by atoms with van der Waals surface area (Å²) in [6.07, 6.45) is 1.50. The fraction of sp³-hybridized carbons (Fsp3) is 0.667. The molecule has 1 rings (SSSR count). The van der Waals surface area contributed by atoms with Crippen molar-refractivity contribution in [2.24, 2.45) is 0 Å². The molecule has 4 nitrogen and oxygen atoms in total. The van der Waals surface area contributed by atoms with Crippen molar-refractivity contribution in [1.29, 1.82) is 0 Å². The lowest BCUT2D eigenvalue weighted by atomic mass is 9.96. The molecule has 0 fully saturated rings. The van der Waals surface area contributed by atoms with Crippen LogP contribution in [0, 0.1) is 0 Å². The summed E-state index contributed by atoms with van der Waals surface area (Å²) in [6, 6.07) is 0. The van der Waals surface area contributed by atoms with Crippen LogP contribution in [0.4, 0.5) is 0 Å². The highest BCUT2D eigenvalue weighted by Crippen LogP contribution is 2.17. The highest BCUT2D eigenvalue weighted by atomic mass is 15.4. The molecule has 0 aliphatic heterocycles. The van der Waals surface area contributed by atoms with Crippen molar-refractivity contribution in [2.75, 3.05) is 5.84 Å². The molecule has 0 spiro atoms. The van der Waals surface area contributed by atoms with E-state index in [-0.39, 0.29) is 5.41 Å². The summed E-state index contributed by atoms with van der Waals surface area (Å²) in [7, 11) is 0. The number of rotatable bonds is 0. The van der Waals surface area contributed by atoms with Gasteiger partial charge in [0.15, 0.2) is 5.82 Å². The minimum Gasteiger partial charge on any atom is -0.336 e. The van der Waals surface area contributed by atoms with E-state index in [9.17, 15) is 0 Å². The topological polar surface area (TPSA) is 56.7 Å². The van der Waals surface area contributed by atoms with E-state index < -0.39 is 0 Å². The summed E-state index contributed by atoms with van der Waals surface area (Å²) in [5.74, 6) is 6.32. The van der Waals surface area contributed by atoms with E-state index >= 15 is 0 Å². The molecule has 1 aromatic rings. The predicted octanol–water partition coefficient (Wildman–Crippen LogP) is 0.289. The Morgan fingerprint density at radius 3 is 2.30 bits per heavy atom. The molecule has 2 N–H and O–H groups in total. The largest absolute Gasteiger partial charge is 0.336 e. The van der Waals surface area contributed by atoms with E-state index in [0.717, 1.165) is 5.82 Å². The Morgan fingerprint density at radius 2 is 2.10 bits per heavy atom. The van der Waals surface area contributed by atoms with Crippen LogP contribution in [0.25, 0.3) is 0 Å². The maximum absolute atomic E-state index is 5.52. The third kappa shape index (κ3) is 1.10. The van der Waals surface area contributed by atoms with Crippen molar-refractivity contribution < 1.29 is 0 Å². The van der Waals surface area contributed by atoms with Crippen LogP contribution in [0.5, 0.6) is 0 Å². The number of hydrogen-bond acceptors (Lipinski definition) is 3. The van der Waals surface area contributed by atoms with Crippen LogP contribution in [0.15, 0.2) is 6.33 Å². The average Bonchev–Trinajstić information content (AvgIpc) is 2.11. The molecule has 0 unspecified atom stereocenters. The van der Waals surface area contributed by atoms with Gasteiger partial charge in [0.05, 0.1) is 0 Å². The minimum atomic E-state index is -0.0226. The molecule has 0 aliphatic rings. The van der Waals surface area contributed by atoms with Crippen molar-refractivity contribution in [2.45, 2.75) is 26.2 Å². The van der Waals surface area contributed by atoms with E-state index in [1.165, 1.54) is 11.0 Å². The van der Waals surface area contributed by atoms with Gasteiger partial charge in [-0.3, -0.25) is 0 Å². The Morgan fingerprint density at radius 1 is 1.50 bits per heavy atom. The fourth-order valence-corrected chi connectivity index (χ4v) is 0.780. The molecule has 56 valence electrons. The van der Waals surface area contributed by atoms with Crippen LogP contribution in [0.1, 0.15) is 26.6 Å². The van der Waals surface area contributed by atoms with E-state index in [2.05, 4.69) is 10.2 Å². The second-order valence-corrected chi connectivity index (χ2v) is 3.31. The average molecular weight is 140 g/mol. The van der Waals surface area contributed by atoms with Gasteiger partial charge in [-0.05, 0) is 0 Å². The lowest BCUT2D eigenvalue weighted by Crippen LogP contribution is -2.22. The normalized spacial score (nSPS) is 11.9. The first kappa shape index (κ1) is 7.05. The lowest BCUT2D eigenvalue weighted by molar-refractivity contribution is 0.528. The molecule has 0 saturated heterocycles. The van der Waals surface area contributed by atoms with E-state index in [1.807, 2.05) is 20.8 Å². The quantitative estimate of drug-likeness (QED) is 0.527. The molecular weight excluding hydrogens is 128 g/mol. The SMILES string of the molecule is CC(C)(C)c1nncn1N. The van der Waals surface area contributed by atoms with Gasteiger partial charge in [-0.2, -0.15) is 0 Å². The number of nitrogens with two attached hydrogens (primary N) is 1. The highest BCUT2D eigenvalue weighted by Gasteiger charge is 2.19. The molecule has 0 radical (unpaired) electrons. The summed E-state index contributed by atoms with van der Waals surface area (Å²) in [6.45, 7) is 6.13. The standard InChI is InChI=1S/C6H12N4/c1-6(2,3)5-9-8-4-10(5)7/h4H,7H2,1-3H3. The fourth-order valence-electron chi connectivity index (χ4n) is 0.780. The van der Waals surface area contributed by atoms with Gasteiger partial charge >= 0.3 is 0 Å². The van der Waals surface area contributed by atoms with E-state index in [4.69, 9.17) is 5.84 Å². The first-order valence-corrected chi connectivity index (χ1v) is 3.17. The number of hydrogen-bond donors (Lipinski definition) is 1.